The van der Waals surface area contributed by atoms with Crippen molar-refractivity contribution in [1.82, 2.24) is 0 Å². The Labute approximate surface area is 106 Å². The number of carbonyl (C=O) groups excluding carboxylic acids is 1. The molecule has 0 bridgehead atoms. The predicted octanol–water partition coefficient (Wildman–Crippen LogP) is 3.32. The molecule has 90 valence electrons. The Bertz CT molecular complexity index is 557. The first-order valence-corrected chi connectivity index (χ1v) is 6.07. The fourth-order valence-electron chi connectivity index (χ4n) is 2.09. The van der Waals surface area contributed by atoms with Crippen molar-refractivity contribution >= 4 is 5.78 Å². The molecule has 0 saturated carbocycles. The number of benzene rings is 2. The molecule has 0 aromatic heterocycles. The molecule has 2 aromatic rings. The van der Waals surface area contributed by atoms with Gasteiger partial charge in [0.15, 0.2) is 11.9 Å². The summed E-state index contributed by atoms with van der Waals surface area (Å²) < 4.78 is 5.50. The molecule has 1 saturated heterocycles. The van der Waals surface area contributed by atoms with Crippen LogP contribution in [-0.4, -0.2) is 11.9 Å². The molecule has 18 heavy (non-hydrogen) atoms. The average Bonchev–Trinajstić information content (AvgIpc) is 3.20. The highest BCUT2D eigenvalue weighted by molar-refractivity contribution is 6.01. The van der Waals surface area contributed by atoms with Crippen LogP contribution in [0.4, 0.5) is 0 Å². The highest BCUT2D eigenvalue weighted by Gasteiger charge is 2.45. The third-order valence-electron chi connectivity index (χ3n) is 3.21. The minimum Gasteiger partial charge on any atom is -0.356 e. The molecule has 0 radical (unpaired) electrons. The van der Waals surface area contributed by atoms with Gasteiger partial charge < -0.3 is 4.74 Å². The van der Waals surface area contributed by atoms with Gasteiger partial charge in [-0.3, -0.25) is 4.79 Å². The topological polar surface area (TPSA) is 29.6 Å². The fraction of sp³-hybridized carbons (Fsp3) is 0.188. The molecule has 1 aliphatic heterocycles. The second-order valence-electron chi connectivity index (χ2n) is 4.62. The highest BCUT2D eigenvalue weighted by Crippen LogP contribution is 2.40. The van der Waals surface area contributed by atoms with Gasteiger partial charge in [-0.1, -0.05) is 60.2 Å². The van der Waals surface area contributed by atoms with Crippen LogP contribution in [0.5, 0.6) is 0 Å². The molecule has 0 N–H and O–H groups in total. The normalized spacial score (nSPS) is 21.6. The van der Waals surface area contributed by atoms with E-state index in [0.717, 1.165) is 16.7 Å². The summed E-state index contributed by atoms with van der Waals surface area (Å²) in [4.78, 5) is 12.2. The largest absolute Gasteiger partial charge is 0.356 e. The van der Waals surface area contributed by atoms with E-state index in [1.165, 1.54) is 0 Å². The molecular formula is C16H14O2. The van der Waals surface area contributed by atoms with E-state index >= 15 is 0 Å². The summed E-state index contributed by atoms with van der Waals surface area (Å²) in [6.07, 6.45) is -0.380. The summed E-state index contributed by atoms with van der Waals surface area (Å²) in [7, 11) is 0. The molecule has 2 nitrogen and oxygen atoms in total. The van der Waals surface area contributed by atoms with Crippen LogP contribution in [0.1, 0.15) is 27.6 Å². The Morgan fingerprint density at radius 1 is 1.00 bits per heavy atom. The maximum Gasteiger partial charge on any atom is 0.194 e. The summed E-state index contributed by atoms with van der Waals surface area (Å²) in [5.41, 5.74) is 2.95. The van der Waals surface area contributed by atoms with Gasteiger partial charge in [-0.2, -0.15) is 0 Å². The van der Waals surface area contributed by atoms with Crippen LogP contribution >= 0.6 is 0 Å². The molecule has 3 rings (SSSR count). The lowest BCUT2D eigenvalue weighted by Crippen LogP contribution is -2.08. The molecule has 2 unspecified atom stereocenters. The zero-order valence-corrected chi connectivity index (χ0v) is 10.2. The molecule has 2 aromatic carbocycles. The SMILES string of the molecule is Cc1ccc(C(=O)C2OC2c2ccccc2)cc1. The maximum absolute atomic E-state index is 12.2. The third-order valence-corrected chi connectivity index (χ3v) is 3.21. The van der Waals surface area contributed by atoms with E-state index < -0.39 is 0 Å². The van der Waals surface area contributed by atoms with Crippen molar-refractivity contribution in [2.45, 2.75) is 19.1 Å². The summed E-state index contributed by atoms with van der Waals surface area (Å²) >= 11 is 0. The molecule has 1 heterocycles. The molecule has 1 aliphatic rings. The molecule has 0 aliphatic carbocycles. The van der Waals surface area contributed by atoms with Crippen LogP contribution in [0, 0.1) is 6.92 Å². The van der Waals surface area contributed by atoms with Crippen molar-refractivity contribution in [1.29, 1.82) is 0 Å². The van der Waals surface area contributed by atoms with E-state index in [2.05, 4.69) is 0 Å². The van der Waals surface area contributed by atoms with Crippen LogP contribution in [0.15, 0.2) is 54.6 Å². The van der Waals surface area contributed by atoms with Crippen LogP contribution in [0.25, 0.3) is 0 Å². The van der Waals surface area contributed by atoms with Gasteiger partial charge in [0.1, 0.15) is 6.10 Å². The second kappa shape index (κ2) is 4.39. The number of hydrogen-bond acceptors (Lipinski definition) is 2. The van der Waals surface area contributed by atoms with Gasteiger partial charge in [-0.25, -0.2) is 0 Å². The van der Waals surface area contributed by atoms with Gasteiger partial charge in [-0.05, 0) is 12.5 Å². The number of ether oxygens (including phenoxy) is 1. The van der Waals surface area contributed by atoms with Crippen LogP contribution in [0.2, 0.25) is 0 Å². The third kappa shape index (κ3) is 2.07. The number of rotatable bonds is 3. The molecule has 1 fully saturated rings. The van der Waals surface area contributed by atoms with Gasteiger partial charge in [-0.15, -0.1) is 0 Å². The number of Topliss-reactive ketones (excluding diaryl/α,β-unsaturated/α-hetero) is 1. The number of ketones is 1. The maximum atomic E-state index is 12.2. The minimum absolute atomic E-state index is 0.0694. The first-order valence-electron chi connectivity index (χ1n) is 6.07. The summed E-state index contributed by atoms with van der Waals surface area (Å²) in [6.45, 7) is 2.01. The molecule has 0 spiro atoms. The Hall–Kier alpha value is -1.93. The summed E-state index contributed by atoms with van der Waals surface area (Å²) in [5, 5.41) is 0. The van der Waals surface area contributed by atoms with Gasteiger partial charge in [0.2, 0.25) is 0 Å². The number of aryl methyl sites for hydroxylation is 1. The first kappa shape index (κ1) is 11.2. The predicted molar refractivity (Wildman–Crippen MR) is 69.6 cm³/mol. The number of hydrogen-bond donors (Lipinski definition) is 0. The lowest BCUT2D eigenvalue weighted by Gasteiger charge is -1.98. The Kier molecular flexibility index (Phi) is 2.73. The first-order chi connectivity index (χ1) is 8.75. The van der Waals surface area contributed by atoms with Crippen molar-refractivity contribution in [2.75, 3.05) is 0 Å². The van der Waals surface area contributed by atoms with Gasteiger partial charge in [0, 0.05) is 5.56 Å². The van der Waals surface area contributed by atoms with Crippen molar-refractivity contribution in [2.24, 2.45) is 0 Å². The van der Waals surface area contributed by atoms with Gasteiger partial charge >= 0.3 is 0 Å². The fourth-order valence-corrected chi connectivity index (χ4v) is 2.09. The van der Waals surface area contributed by atoms with E-state index in [-0.39, 0.29) is 18.0 Å². The standard InChI is InChI=1S/C16H14O2/c1-11-7-9-12(10-8-11)14(17)16-15(18-16)13-5-3-2-4-6-13/h2-10,15-16H,1H3. The van der Waals surface area contributed by atoms with Crippen LogP contribution in [0.3, 0.4) is 0 Å². The Balaban J connectivity index is 1.75. The van der Waals surface area contributed by atoms with E-state index in [1.54, 1.807) is 0 Å². The quantitative estimate of drug-likeness (QED) is 0.606. The van der Waals surface area contributed by atoms with Crippen LogP contribution in [-0.2, 0) is 4.74 Å². The summed E-state index contributed by atoms with van der Waals surface area (Å²) in [6, 6.07) is 17.5. The monoisotopic (exact) mass is 238 g/mol. The molecule has 2 heteroatoms. The molecular weight excluding hydrogens is 224 g/mol. The van der Waals surface area contributed by atoms with Crippen molar-refractivity contribution in [3.63, 3.8) is 0 Å². The van der Waals surface area contributed by atoms with Gasteiger partial charge in [0.25, 0.3) is 0 Å². The molecule has 0 amide bonds. The Morgan fingerprint density at radius 2 is 1.67 bits per heavy atom. The van der Waals surface area contributed by atoms with Crippen molar-refractivity contribution in [3.05, 3.63) is 71.3 Å². The van der Waals surface area contributed by atoms with E-state index in [0.29, 0.717) is 0 Å². The van der Waals surface area contributed by atoms with Crippen molar-refractivity contribution < 1.29 is 9.53 Å². The lowest BCUT2D eigenvalue weighted by atomic mass is 10.0. The average molecular weight is 238 g/mol. The van der Waals surface area contributed by atoms with E-state index in [9.17, 15) is 4.79 Å². The minimum atomic E-state index is -0.310. The lowest BCUT2D eigenvalue weighted by molar-refractivity contribution is 0.0953. The van der Waals surface area contributed by atoms with E-state index in [1.807, 2.05) is 61.5 Å². The highest BCUT2D eigenvalue weighted by atomic mass is 16.6. The zero-order chi connectivity index (χ0) is 12.5. The zero-order valence-electron chi connectivity index (χ0n) is 10.2. The summed E-state index contributed by atoms with van der Waals surface area (Å²) in [5.74, 6) is 0.0730. The second-order valence-corrected chi connectivity index (χ2v) is 4.62. The van der Waals surface area contributed by atoms with E-state index in [4.69, 9.17) is 4.74 Å². The Morgan fingerprint density at radius 3 is 2.33 bits per heavy atom. The molecule has 2 atom stereocenters. The van der Waals surface area contributed by atoms with Gasteiger partial charge in [0.05, 0.1) is 0 Å². The van der Waals surface area contributed by atoms with Crippen molar-refractivity contribution in [3.8, 4) is 0 Å². The smallest absolute Gasteiger partial charge is 0.194 e. The number of epoxide rings is 1. The number of carbonyl (C=O) groups is 1. The van der Waals surface area contributed by atoms with Crippen LogP contribution < -0.4 is 0 Å².